The molecule has 0 radical (unpaired) electrons. The maximum absolute atomic E-state index is 13.0. The Hall–Kier alpha value is -2.44. The Morgan fingerprint density at radius 1 is 1.19 bits per heavy atom. The van der Waals surface area contributed by atoms with Crippen LogP contribution in [0, 0.1) is 11.7 Å². The molecule has 1 aromatic rings. The van der Waals surface area contributed by atoms with Gasteiger partial charge in [0.1, 0.15) is 5.82 Å². The number of carbonyl (C=O) groups is 3. The number of nitrogens with one attached hydrogen (secondary N) is 1. The molecule has 1 N–H and O–H groups in total. The topological polar surface area (TPSA) is 75.7 Å². The van der Waals surface area contributed by atoms with Crippen molar-refractivity contribution < 1.29 is 23.5 Å². The van der Waals surface area contributed by atoms with E-state index >= 15 is 0 Å². The Bertz CT molecular complexity index is 648. The molecule has 1 aliphatic rings. The molecule has 0 bridgehead atoms. The Labute approximate surface area is 159 Å². The van der Waals surface area contributed by atoms with Crippen molar-refractivity contribution in [1.82, 2.24) is 10.2 Å². The van der Waals surface area contributed by atoms with Crippen molar-refractivity contribution in [2.45, 2.75) is 38.5 Å². The standard InChI is InChI=1S/C20H27FN2O4/c1-27-18(24)7-3-2-4-12-22-19(25)16-6-5-13-23(14-16)20(26)15-8-10-17(21)11-9-15/h8-11,16H,2-7,12-14H2,1H3,(H,22,25). The number of esters is 1. The summed E-state index contributed by atoms with van der Waals surface area (Å²) in [5, 5.41) is 2.92. The number of likely N-dealkylation sites (tertiary alicyclic amines) is 1. The molecule has 2 amide bonds. The molecule has 6 nitrogen and oxygen atoms in total. The van der Waals surface area contributed by atoms with Gasteiger partial charge in [0.05, 0.1) is 13.0 Å². The highest BCUT2D eigenvalue weighted by atomic mass is 19.1. The minimum Gasteiger partial charge on any atom is -0.469 e. The van der Waals surface area contributed by atoms with Gasteiger partial charge < -0.3 is 15.0 Å². The normalized spacial score (nSPS) is 16.7. The first kappa shape index (κ1) is 20.9. The van der Waals surface area contributed by atoms with E-state index in [1.165, 1.54) is 31.4 Å². The van der Waals surface area contributed by atoms with E-state index in [2.05, 4.69) is 10.1 Å². The summed E-state index contributed by atoms with van der Waals surface area (Å²) in [7, 11) is 1.37. The van der Waals surface area contributed by atoms with Crippen molar-refractivity contribution in [3.63, 3.8) is 0 Å². The molecule has 1 aliphatic heterocycles. The Morgan fingerprint density at radius 3 is 2.63 bits per heavy atom. The lowest BCUT2D eigenvalue weighted by atomic mass is 9.96. The van der Waals surface area contributed by atoms with Gasteiger partial charge in [-0.3, -0.25) is 14.4 Å². The number of amides is 2. The minimum atomic E-state index is -0.381. The highest BCUT2D eigenvalue weighted by Crippen LogP contribution is 2.19. The van der Waals surface area contributed by atoms with Crippen LogP contribution in [0.3, 0.4) is 0 Å². The van der Waals surface area contributed by atoms with E-state index in [-0.39, 0.29) is 29.5 Å². The summed E-state index contributed by atoms with van der Waals surface area (Å²) >= 11 is 0. The first-order valence-electron chi connectivity index (χ1n) is 9.40. The molecule has 0 saturated carbocycles. The maximum Gasteiger partial charge on any atom is 0.305 e. The number of benzene rings is 1. The smallest absolute Gasteiger partial charge is 0.305 e. The third-order valence-corrected chi connectivity index (χ3v) is 4.76. The zero-order valence-corrected chi connectivity index (χ0v) is 15.7. The first-order chi connectivity index (χ1) is 13.0. The van der Waals surface area contributed by atoms with E-state index in [1.54, 1.807) is 4.90 Å². The fourth-order valence-corrected chi connectivity index (χ4v) is 3.18. The number of methoxy groups -OCH3 is 1. The summed E-state index contributed by atoms with van der Waals surface area (Å²) in [6.07, 6.45) is 4.30. The second-order valence-corrected chi connectivity index (χ2v) is 6.78. The molecular weight excluding hydrogens is 351 g/mol. The van der Waals surface area contributed by atoms with Crippen molar-refractivity contribution in [2.24, 2.45) is 5.92 Å². The largest absolute Gasteiger partial charge is 0.469 e. The van der Waals surface area contributed by atoms with E-state index in [0.29, 0.717) is 31.6 Å². The maximum atomic E-state index is 13.0. The van der Waals surface area contributed by atoms with Gasteiger partial charge in [-0.15, -0.1) is 0 Å². The minimum absolute atomic E-state index is 0.0421. The average Bonchev–Trinajstić information content (AvgIpc) is 2.70. The first-order valence-corrected chi connectivity index (χ1v) is 9.40. The van der Waals surface area contributed by atoms with Gasteiger partial charge in [-0.05, 0) is 49.9 Å². The summed E-state index contributed by atoms with van der Waals surface area (Å²) in [4.78, 5) is 37.6. The molecule has 0 aromatic heterocycles. The summed E-state index contributed by atoms with van der Waals surface area (Å²) < 4.78 is 17.6. The van der Waals surface area contributed by atoms with Crippen LogP contribution in [0.25, 0.3) is 0 Å². The monoisotopic (exact) mass is 378 g/mol. The highest BCUT2D eigenvalue weighted by molar-refractivity contribution is 5.94. The van der Waals surface area contributed by atoms with Crippen LogP contribution in [0.5, 0.6) is 0 Å². The number of ether oxygens (including phenoxy) is 1. The van der Waals surface area contributed by atoms with Crippen LogP contribution in [0.4, 0.5) is 4.39 Å². The van der Waals surface area contributed by atoms with Gasteiger partial charge >= 0.3 is 5.97 Å². The lowest BCUT2D eigenvalue weighted by molar-refractivity contribution is -0.140. The van der Waals surface area contributed by atoms with Gasteiger partial charge in [-0.2, -0.15) is 0 Å². The molecule has 1 unspecified atom stereocenters. The zero-order valence-electron chi connectivity index (χ0n) is 15.7. The van der Waals surface area contributed by atoms with Gasteiger partial charge in [0, 0.05) is 31.6 Å². The third-order valence-electron chi connectivity index (χ3n) is 4.76. The van der Waals surface area contributed by atoms with Crippen LogP contribution in [0.1, 0.15) is 48.9 Å². The van der Waals surface area contributed by atoms with Gasteiger partial charge in [0.2, 0.25) is 5.91 Å². The molecule has 0 aliphatic carbocycles. The second-order valence-electron chi connectivity index (χ2n) is 6.78. The van der Waals surface area contributed by atoms with E-state index in [1.807, 2.05) is 0 Å². The van der Waals surface area contributed by atoms with E-state index < -0.39 is 0 Å². The number of hydrogen-bond donors (Lipinski definition) is 1. The van der Waals surface area contributed by atoms with Crippen LogP contribution in [0.2, 0.25) is 0 Å². The number of piperidine rings is 1. The van der Waals surface area contributed by atoms with Gasteiger partial charge in [0.25, 0.3) is 5.91 Å². The molecule has 1 fully saturated rings. The summed E-state index contributed by atoms with van der Waals surface area (Å²) in [5.41, 5.74) is 0.433. The number of halogens is 1. The molecule has 1 atom stereocenters. The summed E-state index contributed by atoms with van der Waals surface area (Å²) in [5.74, 6) is -1.03. The number of unbranched alkanes of at least 4 members (excludes halogenated alkanes) is 2. The Morgan fingerprint density at radius 2 is 1.93 bits per heavy atom. The molecule has 1 saturated heterocycles. The third kappa shape index (κ3) is 6.66. The van der Waals surface area contributed by atoms with Crippen molar-refractivity contribution in [2.75, 3.05) is 26.7 Å². The SMILES string of the molecule is COC(=O)CCCCCNC(=O)C1CCCN(C(=O)c2ccc(F)cc2)C1. The fourth-order valence-electron chi connectivity index (χ4n) is 3.18. The fraction of sp³-hybridized carbons (Fsp3) is 0.550. The Kier molecular flexibility index (Phi) is 8.23. The molecule has 148 valence electrons. The quantitative estimate of drug-likeness (QED) is 0.557. The van der Waals surface area contributed by atoms with Crippen molar-refractivity contribution in [3.05, 3.63) is 35.6 Å². The van der Waals surface area contributed by atoms with E-state index in [9.17, 15) is 18.8 Å². The predicted octanol–water partition coefficient (Wildman–Crippen LogP) is 2.53. The Balaban J connectivity index is 1.73. The number of rotatable bonds is 8. The number of carbonyl (C=O) groups excluding carboxylic acids is 3. The molecule has 1 aromatic carbocycles. The average molecular weight is 378 g/mol. The van der Waals surface area contributed by atoms with Gasteiger partial charge in [0.15, 0.2) is 0 Å². The molecule has 7 heteroatoms. The van der Waals surface area contributed by atoms with Crippen LogP contribution in [0.15, 0.2) is 24.3 Å². The summed E-state index contributed by atoms with van der Waals surface area (Å²) in [6, 6.07) is 5.47. The molecule has 2 rings (SSSR count). The van der Waals surface area contributed by atoms with Crippen LogP contribution in [-0.4, -0.2) is 49.4 Å². The molecule has 1 heterocycles. The molecule has 27 heavy (non-hydrogen) atoms. The second kappa shape index (κ2) is 10.6. The van der Waals surface area contributed by atoms with Crippen LogP contribution in [-0.2, 0) is 14.3 Å². The van der Waals surface area contributed by atoms with Crippen molar-refractivity contribution in [3.8, 4) is 0 Å². The number of hydrogen-bond acceptors (Lipinski definition) is 4. The summed E-state index contributed by atoms with van der Waals surface area (Å²) in [6.45, 7) is 1.54. The highest BCUT2D eigenvalue weighted by Gasteiger charge is 2.28. The molecule has 0 spiro atoms. The van der Waals surface area contributed by atoms with Crippen LogP contribution >= 0.6 is 0 Å². The molecular formula is C20H27FN2O4. The van der Waals surface area contributed by atoms with E-state index in [4.69, 9.17) is 0 Å². The number of nitrogens with zero attached hydrogens (tertiary/aromatic N) is 1. The van der Waals surface area contributed by atoms with Gasteiger partial charge in [-0.25, -0.2) is 4.39 Å². The van der Waals surface area contributed by atoms with Crippen molar-refractivity contribution >= 4 is 17.8 Å². The van der Waals surface area contributed by atoms with Crippen molar-refractivity contribution in [1.29, 1.82) is 0 Å². The van der Waals surface area contributed by atoms with E-state index in [0.717, 1.165) is 32.1 Å². The van der Waals surface area contributed by atoms with Crippen LogP contribution < -0.4 is 5.32 Å². The lowest BCUT2D eigenvalue weighted by Crippen LogP contribution is -2.45. The zero-order chi connectivity index (χ0) is 19.6. The predicted molar refractivity (Wildman–Crippen MR) is 98.5 cm³/mol. The lowest BCUT2D eigenvalue weighted by Gasteiger charge is -2.32. The van der Waals surface area contributed by atoms with Gasteiger partial charge in [-0.1, -0.05) is 6.42 Å².